The number of benzene rings is 2. The molecule has 8 nitrogen and oxygen atoms in total. The average Bonchev–Trinajstić information content (AvgIpc) is 3.29. The van der Waals surface area contributed by atoms with Crippen LogP contribution in [0.1, 0.15) is 11.5 Å². The summed E-state index contributed by atoms with van der Waals surface area (Å²) >= 11 is 0. The van der Waals surface area contributed by atoms with Crippen LogP contribution < -0.4 is 11.0 Å². The van der Waals surface area contributed by atoms with Gasteiger partial charge in [-0.05, 0) is 37.3 Å². The van der Waals surface area contributed by atoms with E-state index < -0.39 is 0 Å². The summed E-state index contributed by atoms with van der Waals surface area (Å²) in [6, 6.07) is 21.1. The van der Waals surface area contributed by atoms with Gasteiger partial charge in [0.05, 0.1) is 6.54 Å². The number of para-hydroxylation sites is 1. The van der Waals surface area contributed by atoms with E-state index in [1.165, 1.54) is 9.08 Å². The lowest BCUT2D eigenvalue weighted by Crippen LogP contribution is -2.22. The minimum Gasteiger partial charge on any atom is -0.441 e. The van der Waals surface area contributed by atoms with Crippen molar-refractivity contribution in [3.8, 4) is 11.5 Å². The highest BCUT2D eigenvalue weighted by Crippen LogP contribution is 2.21. The van der Waals surface area contributed by atoms with E-state index in [0.717, 1.165) is 11.3 Å². The molecule has 30 heavy (non-hydrogen) atoms. The van der Waals surface area contributed by atoms with Gasteiger partial charge in [0.1, 0.15) is 17.3 Å². The summed E-state index contributed by atoms with van der Waals surface area (Å²) in [5.74, 6) is 2.09. The molecule has 0 unspecified atom stereocenters. The zero-order chi connectivity index (χ0) is 20.5. The number of nitrogens with zero attached hydrogens (tertiary/aromatic N) is 5. The maximum Gasteiger partial charge on any atom is 0.351 e. The number of hydrogen-bond donors (Lipinski definition) is 1. The van der Waals surface area contributed by atoms with Crippen LogP contribution >= 0.6 is 0 Å². The van der Waals surface area contributed by atoms with Crippen LogP contribution in [0.2, 0.25) is 0 Å². The third kappa shape index (κ3) is 3.35. The standard InChI is InChI=1S/C22H18N6O2/c1-15-18(24-20(30-15)16-8-4-2-5-9-16)14-28-22(29)27-13-12-19(25-21(27)26-28)23-17-10-6-3-7-11-17/h2-13H,14H2,1H3,(H,23,25,26). The summed E-state index contributed by atoms with van der Waals surface area (Å²) < 4.78 is 8.53. The van der Waals surface area contributed by atoms with E-state index in [1.54, 1.807) is 12.3 Å². The number of aryl methyl sites for hydroxylation is 1. The molecule has 5 rings (SSSR count). The number of anilines is 2. The molecule has 0 amide bonds. The highest BCUT2D eigenvalue weighted by atomic mass is 16.4. The Balaban J connectivity index is 1.44. The van der Waals surface area contributed by atoms with Crippen molar-refractivity contribution in [2.45, 2.75) is 13.5 Å². The van der Waals surface area contributed by atoms with Gasteiger partial charge in [0, 0.05) is 17.4 Å². The molecule has 0 spiro atoms. The predicted molar refractivity (Wildman–Crippen MR) is 113 cm³/mol. The van der Waals surface area contributed by atoms with Crippen LogP contribution in [0.3, 0.4) is 0 Å². The lowest BCUT2D eigenvalue weighted by atomic mass is 10.2. The molecule has 3 aromatic heterocycles. The van der Waals surface area contributed by atoms with Crippen molar-refractivity contribution in [3.05, 3.63) is 94.9 Å². The third-order valence-electron chi connectivity index (χ3n) is 4.71. The molecule has 8 heteroatoms. The molecule has 1 N–H and O–H groups in total. The van der Waals surface area contributed by atoms with Gasteiger partial charge >= 0.3 is 5.69 Å². The summed E-state index contributed by atoms with van der Waals surface area (Å²) in [6.07, 6.45) is 1.66. The Morgan fingerprint density at radius 1 is 0.967 bits per heavy atom. The quantitative estimate of drug-likeness (QED) is 0.486. The van der Waals surface area contributed by atoms with Crippen molar-refractivity contribution in [2.24, 2.45) is 0 Å². The second kappa shape index (κ2) is 7.32. The molecule has 0 aliphatic carbocycles. The summed E-state index contributed by atoms with van der Waals surface area (Å²) in [5, 5.41) is 7.57. The Morgan fingerprint density at radius 2 is 1.70 bits per heavy atom. The predicted octanol–water partition coefficient (Wildman–Crippen LogP) is 3.65. The van der Waals surface area contributed by atoms with Gasteiger partial charge in [-0.1, -0.05) is 36.4 Å². The van der Waals surface area contributed by atoms with Gasteiger partial charge in [-0.15, -0.1) is 5.10 Å². The number of aromatic nitrogens is 5. The molecular formula is C22H18N6O2. The molecule has 0 saturated carbocycles. The smallest absolute Gasteiger partial charge is 0.351 e. The van der Waals surface area contributed by atoms with Crippen molar-refractivity contribution in [1.29, 1.82) is 0 Å². The zero-order valence-corrected chi connectivity index (χ0v) is 16.2. The Kier molecular flexibility index (Phi) is 4.36. The van der Waals surface area contributed by atoms with Crippen LogP contribution in [-0.4, -0.2) is 24.1 Å². The van der Waals surface area contributed by atoms with Crippen LogP contribution in [0.25, 0.3) is 17.2 Å². The second-order valence-electron chi connectivity index (χ2n) is 6.80. The van der Waals surface area contributed by atoms with E-state index in [9.17, 15) is 4.79 Å². The molecule has 0 aliphatic heterocycles. The molecular weight excluding hydrogens is 380 g/mol. The molecule has 0 saturated heterocycles. The van der Waals surface area contributed by atoms with Gasteiger partial charge in [0.15, 0.2) is 0 Å². The fraction of sp³-hybridized carbons (Fsp3) is 0.0909. The van der Waals surface area contributed by atoms with Crippen molar-refractivity contribution >= 4 is 17.3 Å². The van der Waals surface area contributed by atoms with Crippen molar-refractivity contribution in [2.75, 3.05) is 5.32 Å². The topological polar surface area (TPSA) is 90.2 Å². The number of fused-ring (bicyclic) bond motifs is 1. The van der Waals surface area contributed by atoms with E-state index >= 15 is 0 Å². The van der Waals surface area contributed by atoms with E-state index in [4.69, 9.17) is 4.42 Å². The summed E-state index contributed by atoms with van der Waals surface area (Å²) in [6.45, 7) is 2.03. The molecule has 0 atom stereocenters. The fourth-order valence-electron chi connectivity index (χ4n) is 3.17. The molecule has 0 bridgehead atoms. The van der Waals surface area contributed by atoms with Crippen LogP contribution in [0.5, 0.6) is 0 Å². The summed E-state index contributed by atoms with van der Waals surface area (Å²) in [5.41, 5.74) is 2.16. The number of hydrogen-bond acceptors (Lipinski definition) is 6. The second-order valence-corrected chi connectivity index (χ2v) is 6.80. The lowest BCUT2D eigenvalue weighted by molar-refractivity contribution is 0.535. The summed E-state index contributed by atoms with van der Waals surface area (Å²) in [4.78, 5) is 21.7. The monoisotopic (exact) mass is 398 g/mol. The Morgan fingerprint density at radius 3 is 2.47 bits per heavy atom. The van der Waals surface area contributed by atoms with Crippen LogP contribution in [0, 0.1) is 6.92 Å². The fourth-order valence-corrected chi connectivity index (χ4v) is 3.17. The minimum absolute atomic E-state index is 0.200. The molecule has 3 heterocycles. The van der Waals surface area contributed by atoms with E-state index in [1.807, 2.05) is 67.6 Å². The normalized spacial score (nSPS) is 11.1. The number of nitrogens with one attached hydrogen (secondary N) is 1. The van der Waals surface area contributed by atoms with Gasteiger partial charge in [-0.25, -0.2) is 18.9 Å². The minimum atomic E-state index is -0.285. The maximum atomic E-state index is 12.7. The molecule has 0 radical (unpaired) electrons. The largest absolute Gasteiger partial charge is 0.441 e. The molecule has 2 aromatic carbocycles. The van der Waals surface area contributed by atoms with Crippen molar-refractivity contribution in [3.63, 3.8) is 0 Å². The lowest BCUT2D eigenvalue weighted by Gasteiger charge is -2.04. The zero-order valence-electron chi connectivity index (χ0n) is 16.2. The Bertz CT molecular complexity index is 1370. The van der Waals surface area contributed by atoms with Crippen molar-refractivity contribution in [1.82, 2.24) is 24.1 Å². The number of oxazole rings is 1. The molecule has 5 aromatic rings. The molecule has 148 valence electrons. The van der Waals surface area contributed by atoms with Crippen LogP contribution in [0.4, 0.5) is 11.5 Å². The van der Waals surface area contributed by atoms with Gasteiger partial charge < -0.3 is 9.73 Å². The highest BCUT2D eigenvalue weighted by Gasteiger charge is 2.15. The SMILES string of the molecule is Cc1oc(-c2ccccc2)nc1Cn1nc2nc(Nc3ccccc3)ccn2c1=O. The van der Waals surface area contributed by atoms with E-state index in [-0.39, 0.29) is 12.2 Å². The molecule has 0 aliphatic rings. The number of rotatable bonds is 5. The molecule has 0 fully saturated rings. The Labute approximate surface area is 171 Å². The summed E-state index contributed by atoms with van der Waals surface area (Å²) in [7, 11) is 0. The van der Waals surface area contributed by atoms with E-state index in [2.05, 4.69) is 20.4 Å². The van der Waals surface area contributed by atoms with Crippen LogP contribution in [-0.2, 0) is 6.54 Å². The maximum absolute atomic E-state index is 12.7. The van der Waals surface area contributed by atoms with Gasteiger partial charge in [0.25, 0.3) is 5.78 Å². The first-order valence-corrected chi connectivity index (χ1v) is 9.47. The van der Waals surface area contributed by atoms with E-state index in [0.29, 0.717) is 28.9 Å². The first-order valence-electron chi connectivity index (χ1n) is 9.47. The average molecular weight is 398 g/mol. The highest BCUT2D eigenvalue weighted by molar-refractivity contribution is 5.57. The van der Waals surface area contributed by atoms with Crippen molar-refractivity contribution < 1.29 is 4.42 Å². The van der Waals surface area contributed by atoms with Gasteiger partial charge in [-0.3, -0.25) is 0 Å². The first-order chi connectivity index (χ1) is 14.7. The van der Waals surface area contributed by atoms with Gasteiger partial charge in [0.2, 0.25) is 5.89 Å². The first kappa shape index (κ1) is 17.9. The Hall–Kier alpha value is -4.20. The third-order valence-corrected chi connectivity index (χ3v) is 4.71. The van der Waals surface area contributed by atoms with Crippen LogP contribution in [0.15, 0.2) is 82.1 Å². The van der Waals surface area contributed by atoms with Gasteiger partial charge in [-0.2, -0.15) is 4.98 Å².